The molecular formula is C19H19BrN4O4S. The van der Waals surface area contributed by atoms with E-state index in [4.69, 9.17) is 9.66 Å². The molecule has 1 aromatic heterocycles. The normalized spacial score (nSPS) is 12.0. The second kappa shape index (κ2) is 7.69. The minimum absolute atomic E-state index is 0.145. The number of sulfonamides is 1. The van der Waals surface area contributed by atoms with Gasteiger partial charge in [0.1, 0.15) is 0 Å². The van der Waals surface area contributed by atoms with Gasteiger partial charge in [-0.25, -0.2) is 13.6 Å². The summed E-state index contributed by atoms with van der Waals surface area (Å²) in [6.45, 7) is 5.93. The van der Waals surface area contributed by atoms with Gasteiger partial charge in [-0.2, -0.15) is 4.98 Å². The Morgan fingerprint density at radius 3 is 2.34 bits per heavy atom. The van der Waals surface area contributed by atoms with E-state index in [1.165, 1.54) is 18.2 Å². The largest absolute Gasteiger partial charge is 0.338 e. The molecule has 0 spiro atoms. The minimum atomic E-state index is -3.92. The third kappa shape index (κ3) is 4.89. The van der Waals surface area contributed by atoms with Gasteiger partial charge in [-0.1, -0.05) is 25.9 Å². The van der Waals surface area contributed by atoms with Gasteiger partial charge in [0.25, 0.3) is 5.91 Å². The number of carbonyl (C=O) groups is 1. The van der Waals surface area contributed by atoms with Crippen molar-refractivity contribution in [2.24, 2.45) is 5.14 Å². The van der Waals surface area contributed by atoms with E-state index in [2.05, 4.69) is 31.4 Å². The van der Waals surface area contributed by atoms with Gasteiger partial charge >= 0.3 is 0 Å². The topological polar surface area (TPSA) is 128 Å². The van der Waals surface area contributed by atoms with Crippen LogP contribution < -0.4 is 10.5 Å². The van der Waals surface area contributed by atoms with Crippen LogP contribution in [0.2, 0.25) is 0 Å². The number of aromatic nitrogens is 2. The van der Waals surface area contributed by atoms with E-state index in [9.17, 15) is 13.2 Å². The van der Waals surface area contributed by atoms with Crippen LogP contribution in [-0.4, -0.2) is 24.5 Å². The first-order valence-corrected chi connectivity index (χ1v) is 10.9. The summed E-state index contributed by atoms with van der Waals surface area (Å²) in [5.74, 6) is 0.505. The highest BCUT2D eigenvalue weighted by Crippen LogP contribution is 2.25. The molecule has 0 bridgehead atoms. The van der Waals surface area contributed by atoms with Crippen molar-refractivity contribution >= 4 is 37.5 Å². The lowest BCUT2D eigenvalue weighted by molar-refractivity contribution is 0.102. The lowest BCUT2D eigenvalue weighted by Crippen LogP contribution is -2.16. The molecule has 0 aliphatic carbocycles. The van der Waals surface area contributed by atoms with Gasteiger partial charge in [0.2, 0.25) is 21.7 Å². The fourth-order valence-electron chi connectivity index (χ4n) is 2.40. The highest BCUT2D eigenvalue weighted by atomic mass is 79.9. The Morgan fingerprint density at radius 1 is 1.14 bits per heavy atom. The smallest absolute Gasteiger partial charge is 0.256 e. The Balaban J connectivity index is 1.80. The summed E-state index contributed by atoms with van der Waals surface area (Å²) in [7, 11) is -3.92. The minimum Gasteiger partial charge on any atom is -0.338 e. The zero-order valence-corrected chi connectivity index (χ0v) is 18.3. The highest BCUT2D eigenvalue weighted by Gasteiger charge is 2.22. The number of primary sulfonamides is 1. The first-order valence-electron chi connectivity index (χ1n) is 8.53. The zero-order chi connectivity index (χ0) is 21.4. The van der Waals surface area contributed by atoms with Gasteiger partial charge in [0.15, 0.2) is 0 Å². The van der Waals surface area contributed by atoms with Crippen LogP contribution in [0.15, 0.2) is 56.4 Å². The molecule has 2 aromatic carbocycles. The van der Waals surface area contributed by atoms with Crippen molar-refractivity contribution in [2.45, 2.75) is 31.1 Å². The lowest BCUT2D eigenvalue weighted by Gasteiger charge is -2.10. The molecule has 10 heteroatoms. The molecule has 0 saturated carbocycles. The molecule has 0 aliphatic rings. The summed E-state index contributed by atoms with van der Waals surface area (Å²) in [4.78, 5) is 16.8. The van der Waals surface area contributed by atoms with Crippen molar-refractivity contribution < 1.29 is 17.7 Å². The number of rotatable bonds is 4. The van der Waals surface area contributed by atoms with Crippen molar-refractivity contribution in [1.29, 1.82) is 0 Å². The Hall–Kier alpha value is -2.56. The van der Waals surface area contributed by atoms with Crippen LogP contribution in [0, 0.1) is 0 Å². The summed E-state index contributed by atoms with van der Waals surface area (Å²) in [5, 5.41) is 11.8. The maximum absolute atomic E-state index is 12.6. The summed E-state index contributed by atoms with van der Waals surface area (Å²) in [6, 6.07) is 10.9. The van der Waals surface area contributed by atoms with E-state index in [-0.39, 0.29) is 15.9 Å². The molecule has 0 fully saturated rings. The first kappa shape index (κ1) is 21.2. The number of nitrogens with one attached hydrogen (secondary N) is 1. The SMILES string of the molecule is CC(C)(C)c1nc(-c2ccc(NC(=O)c3cc(S(N)(=O)=O)ccc3Br)cc2)no1. The number of hydrogen-bond donors (Lipinski definition) is 2. The average molecular weight is 479 g/mol. The number of benzene rings is 2. The van der Waals surface area contributed by atoms with E-state index in [0.29, 0.717) is 21.9 Å². The van der Waals surface area contributed by atoms with Crippen LogP contribution >= 0.6 is 15.9 Å². The number of carbonyl (C=O) groups excluding carboxylic acids is 1. The third-order valence-corrected chi connectivity index (χ3v) is 5.58. The molecule has 3 aromatic rings. The quantitative estimate of drug-likeness (QED) is 0.587. The second-order valence-corrected chi connectivity index (χ2v) is 9.81. The van der Waals surface area contributed by atoms with Crippen LogP contribution in [0.4, 0.5) is 5.69 Å². The van der Waals surface area contributed by atoms with Crippen molar-refractivity contribution in [3.05, 3.63) is 58.4 Å². The molecule has 0 atom stereocenters. The lowest BCUT2D eigenvalue weighted by atomic mass is 9.97. The molecule has 152 valence electrons. The molecule has 8 nitrogen and oxygen atoms in total. The molecule has 0 unspecified atom stereocenters. The molecule has 3 rings (SSSR count). The van der Waals surface area contributed by atoms with Crippen molar-refractivity contribution in [2.75, 3.05) is 5.32 Å². The van der Waals surface area contributed by atoms with E-state index in [0.717, 1.165) is 5.56 Å². The van der Waals surface area contributed by atoms with Crippen LogP contribution in [0.3, 0.4) is 0 Å². The number of nitrogens with zero attached hydrogens (tertiary/aromatic N) is 2. The highest BCUT2D eigenvalue weighted by molar-refractivity contribution is 9.10. The molecule has 1 amide bonds. The Labute approximate surface area is 176 Å². The predicted molar refractivity (Wildman–Crippen MR) is 112 cm³/mol. The fraction of sp³-hybridized carbons (Fsp3) is 0.211. The maximum atomic E-state index is 12.6. The third-order valence-electron chi connectivity index (χ3n) is 3.98. The number of anilines is 1. The van der Waals surface area contributed by atoms with E-state index in [1.54, 1.807) is 24.3 Å². The van der Waals surface area contributed by atoms with Gasteiger partial charge in [-0.05, 0) is 58.4 Å². The summed E-state index contributed by atoms with van der Waals surface area (Å²) in [5.41, 5.74) is 1.15. The van der Waals surface area contributed by atoms with Crippen LogP contribution in [0.1, 0.15) is 37.0 Å². The van der Waals surface area contributed by atoms with Gasteiger partial charge in [-0.15, -0.1) is 0 Å². The summed E-state index contributed by atoms with van der Waals surface area (Å²) in [6.07, 6.45) is 0. The molecule has 1 heterocycles. The molecule has 3 N–H and O–H groups in total. The number of amides is 1. The van der Waals surface area contributed by atoms with Crippen LogP contribution in [-0.2, 0) is 15.4 Å². The molecule has 0 aliphatic heterocycles. The molecule has 29 heavy (non-hydrogen) atoms. The van der Waals surface area contributed by atoms with Crippen molar-refractivity contribution in [1.82, 2.24) is 10.1 Å². The van der Waals surface area contributed by atoms with Gasteiger partial charge in [-0.3, -0.25) is 4.79 Å². The number of nitrogens with two attached hydrogens (primary N) is 1. The monoisotopic (exact) mass is 478 g/mol. The van der Waals surface area contributed by atoms with Gasteiger partial charge in [0, 0.05) is 21.1 Å². The average Bonchev–Trinajstić information content (AvgIpc) is 3.12. The summed E-state index contributed by atoms with van der Waals surface area (Å²) < 4.78 is 28.8. The van der Waals surface area contributed by atoms with Crippen LogP contribution in [0.5, 0.6) is 0 Å². The Bertz CT molecular complexity index is 1170. The molecule has 0 saturated heterocycles. The second-order valence-electron chi connectivity index (χ2n) is 7.39. The maximum Gasteiger partial charge on any atom is 0.256 e. The molecule has 0 radical (unpaired) electrons. The number of halogens is 1. The van der Waals surface area contributed by atoms with Crippen LogP contribution in [0.25, 0.3) is 11.4 Å². The number of hydrogen-bond acceptors (Lipinski definition) is 6. The fourth-order valence-corrected chi connectivity index (χ4v) is 3.37. The molecular weight excluding hydrogens is 460 g/mol. The Kier molecular flexibility index (Phi) is 5.61. The van der Waals surface area contributed by atoms with E-state index >= 15 is 0 Å². The van der Waals surface area contributed by atoms with Gasteiger partial charge < -0.3 is 9.84 Å². The predicted octanol–water partition coefficient (Wildman–Crippen LogP) is 3.70. The standard InChI is InChI=1S/C19H19BrN4O4S/c1-19(2,3)18-23-16(24-28-18)11-4-6-12(7-5-11)22-17(25)14-10-13(29(21,26)27)8-9-15(14)20/h4-10H,1-3H3,(H,22,25)(H2,21,26,27). The van der Waals surface area contributed by atoms with Gasteiger partial charge in [0.05, 0.1) is 10.5 Å². The van der Waals surface area contributed by atoms with Crippen molar-refractivity contribution in [3.8, 4) is 11.4 Å². The summed E-state index contributed by atoms with van der Waals surface area (Å²) >= 11 is 3.25. The van der Waals surface area contributed by atoms with E-state index < -0.39 is 15.9 Å². The zero-order valence-electron chi connectivity index (χ0n) is 15.9. The Morgan fingerprint density at radius 2 is 1.79 bits per heavy atom. The van der Waals surface area contributed by atoms with Crippen molar-refractivity contribution in [3.63, 3.8) is 0 Å². The van der Waals surface area contributed by atoms with E-state index in [1.807, 2.05) is 20.8 Å². The first-order chi connectivity index (χ1) is 13.4.